The third kappa shape index (κ3) is 5.47. The van der Waals surface area contributed by atoms with Crippen molar-refractivity contribution < 1.29 is 19.1 Å². The van der Waals surface area contributed by atoms with E-state index in [1.54, 1.807) is 24.3 Å². The summed E-state index contributed by atoms with van der Waals surface area (Å²) in [4.78, 5) is 24.2. The predicted molar refractivity (Wildman–Crippen MR) is 110 cm³/mol. The van der Waals surface area contributed by atoms with Gasteiger partial charge in [0.1, 0.15) is 0 Å². The minimum atomic E-state index is -0.326. The largest absolute Gasteiger partial charge is 0.493 e. The Kier molecular flexibility index (Phi) is 7.24. The number of hydrogen-bond donors (Lipinski definition) is 2. The average molecular weight is 435 g/mol. The Morgan fingerprint density at radius 1 is 1.11 bits per heavy atom. The van der Waals surface area contributed by atoms with Crippen molar-refractivity contribution in [3.8, 4) is 11.5 Å². The molecular weight excluding hydrogens is 412 g/mol. The van der Waals surface area contributed by atoms with Crippen LogP contribution in [0.3, 0.4) is 0 Å². The van der Waals surface area contributed by atoms with E-state index in [0.717, 1.165) is 12.0 Å². The first-order chi connectivity index (χ1) is 12.8. The third-order valence-corrected chi connectivity index (χ3v) is 4.27. The Morgan fingerprint density at radius 2 is 1.85 bits per heavy atom. The van der Waals surface area contributed by atoms with Crippen LogP contribution in [0, 0.1) is 6.92 Å². The molecule has 0 saturated carbocycles. The molecule has 0 unspecified atom stereocenters. The molecular formula is C20H23BrN2O4. The number of anilines is 2. The molecule has 2 rings (SSSR count). The number of nitrogens with one attached hydrogen (secondary N) is 2. The fourth-order valence-corrected chi connectivity index (χ4v) is 3.01. The number of aryl methyl sites for hydroxylation is 1. The molecule has 0 bridgehead atoms. The minimum absolute atomic E-state index is 0.212. The lowest BCUT2D eigenvalue weighted by Crippen LogP contribution is -2.15. The topological polar surface area (TPSA) is 76.7 Å². The van der Waals surface area contributed by atoms with Crippen molar-refractivity contribution in [3.05, 3.63) is 45.9 Å². The van der Waals surface area contributed by atoms with Gasteiger partial charge in [0, 0.05) is 12.5 Å². The smallest absolute Gasteiger partial charge is 0.255 e. The van der Waals surface area contributed by atoms with Gasteiger partial charge in [-0.05, 0) is 59.1 Å². The van der Waals surface area contributed by atoms with Gasteiger partial charge in [-0.1, -0.05) is 13.0 Å². The number of carbonyl (C=O) groups excluding carboxylic acids is 2. The molecule has 0 aliphatic heterocycles. The standard InChI is InChI=1S/C20H23BrN2O4/c1-5-8-27-19-15(21)10-14(11-18(19)26-4)20(25)23-17-9-12(2)6-7-16(17)22-13(3)24/h6-7,9-11H,5,8H2,1-4H3,(H,22,24)(H,23,25). The number of hydrogen-bond acceptors (Lipinski definition) is 4. The average Bonchev–Trinajstić information content (AvgIpc) is 2.62. The fourth-order valence-electron chi connectivity index (χ4n) is 2.45. The van der Waals surface area contributed by atoms with Crippen molar-refractivity contribution >= 4 is 39.1 Å². The van der Waals surface area contributed by atoms with Crippen LogP contribution in [0.1, 0.15) is 36.2 Å². The Balaban J connectivity index is 2.32. The zero-order chi connectivity index (χ0) is 20.0. The molecule has 0 atom stereocenters. The summed E-state index contributed by atoms with van der Waals surface area (Å²) in [6.07, 6.45) is 0.858. The molecule has 0 fully saturated rings. The van der Waals surface area contributed by atoms with Gasteiger partial charge in [-0.2, -0.15) is 0 Å². The maximum absolute atomic E-state index is 12.8. The highest BCUT2D eigenvalue weighted by atomic mass is 79.9. The quantitative estimate of drug-likeness (QED) is 0.657. The lowest BCUT2D eigenvalue weighted by Gasteiger charge is -2.15. The molecule has 6 nitrogen and oxygen atoms in total. The van der Waals surface area contributed by atoms with E-state index in [9.17, 15) is 9.59 Å². The van der Waals surface area contributed by atoms with E-state index in [-0.39, 0.29) is 11.8 Å². The van der Waals surface area contributed by atoms with Gasteiger partial charge in [-0.25, -0.2) is 0 Å². The second-order valence-corrected chi connectivity index (χ2v) is 6.88. The van der Waals surface area contributed by atoms with Crippen molar-refractivity contribution in [3.63, 3.8) is 0 Å². The van der Waals surface area contributed by atoms with Gasteiger partial charge in [0.2, 0.25) is 5.91 Å². The van der Waals surface area contributed by atoms with Crippen molar-refractivity contribution in [2.45, 2.75) is 27.2 Å². The van der Waals surface area contributed by atoms with Gasteiger partial charge in [0.05, 0.1) is 29.6 Å². The van der Waals surface area contributed by atoms with Gasteiger partial charge in [0.25, 0.3) is 5.91 Å². The number of benzene rings is 2. The SMILES string of the molecule is CCCOc1c(Br)cc(C(=O)Nc2cc(C)ccc2NC(C)=O)cc1OC. The molecule has 0 aliphatic carbocycles. The van der Waals surface area contributed by atoms with Gasteiger partial charge >= 0.3 is 0 Å². The van der Waals surface area contributed by atoms with Crippen LogP contribution in [0.5, 0.6) is 11.5 Å². The Hall–Kier alpha value is -2.54. The number of rotatable bonds is 7. The Labute approximate surface area is 167 Å². The highest BCUT2D eigenvalue weighted by Crippen LogP contribution is 2.37. The normalized spacial score (nSPS) is 10.3. The van der Waals surface area contributed by atoms with Crippen molar-refractivity contribution in [2.75, 3.05) is 24.4 Å². The lowest BCUT2D eigenvalue weighted by molar-refractivity contribution is -0.114. The van der Waals surface area contributed by atoms with E-state index >= 15 is 0 Å². The number of amides is 2. The first-order valence-corrected chi connectivity index (χ1v) is 9.35. The summed E-state index contributed by atoms with van der Waals surface area (Å²) in [6, 6.07) is 8.72. The Morgan fingerprint density at radius 3 is 2.48 bits per heavy atom. The van der Waals surface area contributed by atoms with Crippen LogP contribution < -0.4 is 20.1 Å². The molecule has 2 aromatic carbocycles. The molecule has 2 amide bonds. The number of methoxy groups -OCH3 is 1. The summed E-state index contributed by atoms with van der Waals surface area (Å²) >= 11 is 3.44. The zero-order valence-electron chi connectivity index (χ0n) is 15.8. The van der Waals surface area contributed by atoms with Crippen LogP contribution in [0.4, 0.5) is 11.4 Å². The van der Waals surface area contributed by atoms with E-state index in [4.69, 9.17) is 9.47 Å². The minimum Gasteiger partial charge on any atom is -0.493 e. The van der Waals surface area contributed by atoms with Crippen molar-refractivity contribution in [2.24, 2.45) is 0 Å². The monoisotopic (exact) mass is 434 g/mol. The predicted octanol–water partition coefficient (Wildman–Crippen LogP) is 4.77. The lowest BCUT2D eigenvalue weighted by atomic mass is 10.1. The molecule has 2 aromatic rings. The van der Waals surface area contributed by atoms with Crippen LogP contribution in [-0.2, 0) is 4.79 Å². The second kappa shape index (κ2) is 9.41. The van der Waals surface area contributed by atoms with Crippen LogP contribution >= 0.6 is 15.9 Å². The summed E-state index contributed by atoms with van der Waals surface area (Å²) in [5.41, 5.74) is 2.42. The molecule has 0 spiro atoms. The van der Waals surface area contributed by atoms with Crippen molar-refractivity contribution in [1.29, 1.82) is 0 Å². The number of ether oxygens (including phenoxy) is 2. The zero-order valence-corrected chi connectivity index (χ0v) is 17.4. The highest BCUT2D eigenvalue weighted by Gasteiger charge is 2.17. The fraction of sp³-hybridized carbons (Fsp3) is 0.300. The van der Waals surface area contributed by atoms with Crippen LogP contribution in [0.2, 0.25) is 0 Å². The van der Waals surface area contributed by atoms with E-state index in [1.807, 2.05) is 19.9 Å². The number of carbonyl (C=O) groups is 2. The van der Waals surface area contributed by atoms with Gasteiger partial charge < -0.3 is 20.1 Å². The van der Waals surface area contributed by atoms with E-state index in [1.165, 1.54) is 14.0 Å². The summed E-state index contributed by atoms with van der Waals surface area (Å²) in [5, 5.41) is 5.56. The first-order valence-electron chi connectivity index (χ1n) is 8.55. The van der Waals surface area contributed by atoms with Crippen LogP contribution in [0.25, 0.3) is 0 Å². The highest BCUT2D eigenvalue weighted by molar-refractivity contribution is 9.10. The number of halogens is 1. The van der Waals surface area contributed by atoms with E-state index in [2.05, 4.69) is 26.6 Å². The van der Waals surface area contributed by atoms with E-state index in [0.29, 0.717) is 39.5 Å². The van der Waals surface area contributed by atoms with Gasteiger partial charge in [-0.3, -0.25) is 9.59 Å². The van der Waals surface area contributed by atoms with Gasteiger partial charge in [-0.15, -0.1) is 0 Å². The Bertz CT molecular complexity index is 852. The van der Waals surface area contributed by atoms with E-state index < -0.39 is 0 Å². The molecule has 27 heavy (non-hydrogen) atoms. The summed E-state index contributed by atoms with van der Waals surface area (Å²) in [6.45, 7) is 5.88. The molecule has 7 heteroatoms. The summed E-state index contributed by atoms with van der Waals surface area (Å²) < 4.78 is 11.7. The third-order valence-electron chi connectivity index (χ3n) is 3.68. The molecule has 0 heterocycles. The molecule has 2 N–H and O–H groups in total. The molecule has 0 aromatic heterocycles. The first kappa shape index (κ1) is 20.8. The maximum Gasteiger partial charge on any atom is 0.255 e. The van der Waals surface area contributed by atoms with Crippen molar-refractivity contribution in [1.82, 2.24) is 0 Å². The summed E-state index contributed by atoms with van der Waals surface area (Å²) in [5.74, 6) is 0.490. The molecule has 0 saturated heterocycles. The maximum atomic E-state index is 12.8. The van der Waals surface area contributed by atoms with Crippen LogP contribution in [-0.4, -0.2) is 25.5 Å². The molecule has 0 aliphatic rings. The summed E-state index contributed by atoms with van der Waals surface area (Å²) in [7, 11) is 1.53. The van der Waals surface area contributed by atoms with Crippen LogP contribution in [0.15, 0.2) is 34.8 Å². The second-order valence-electron chi connectivity index (χ2n) is 6.02. The molecule has 144 valence electrons. The van der Waals surface area contributed by atoms with Gasteiger partial charge in [0.15, 0.2) is 11.5 Å². The molecule has 0 radical (unpaired) electrons.